The van der Waals surface area contributed by atoms with E-state index in [0.717, 1.165) is 11.8 Å². The fourth-order valence-electron chi connectivity index (χ4n) is 1.50. The summed E-state index contributed by atoms with van der Waals surface area (Å²) in [6.07, 6.45) is 0. The lowest BCUT2D eigenvalue weighted by atomic mass is 10.4. The molecule has 2 N–H and O–H groups in total. The second-order valence-electron chi connectivity index (χ2n) is 3.75. The molecule has 1 aromatic heterocycles. The standard InChI is InChI=1S/C11H8Cl2N4O2S/c1-5-9(17(18)19)10(16-11(14)15-5)20-8-4-6(12)2-3-7(8)13/h2-4H,1H3,(H2,14,15,16). The van der Waals surface area contributed by atoms with Gasteiger partial charge in [0.15, 0.2) is 5.03 Å². The molecule has 0 unspecified atom stereocenters. The maximum Gasteiger partial charge on any atom is 0.322 e. The van der Waals surface area contributed by atoms with Crippen molar-refractivity contribution in [3.63, 3.8) is 0 Å². The number of hydrogen-bond donors (Lipinski definition) is 1. The van der Waals surface area contributed by atoms with Crippen molar-refractivity contribution in [2.45, 2.75) is 16.8 Å². The van der Waals surface area contributed by atoms with E-state index in [1.165, 1.54) is 6.92 Å². The van der Waals surface area contributed by atoms with E-state index in [1.54, 1.807) is 18.2 Å². The molecule has 2 aromatic rings. The Hall–Kier alpha value is -1.57. The molecule has 0 saturated heterocycles. The third-order valence-electron chi connectivity index (χ3n) is 2.33. The van der Waals surface area contributed by atoms with E-state index in [0.29, 0.717) is 14.9 Å². The highest BCUT2D eigenvalue weighted by Gasteiger charge is 2.23. The van der Waals surface area contributed by atoms with E-state index >= 15 is 0 Å². The number of anilines is 1. The summed E-state index contributed by atoms with van der Waals surface area (Å²) in [5.74, 6) is -0.0336. The van der Waals surface area contributed by atoms with Gasteiger partial charge < -0.3 is 5.73 Å². The fourth-order valence-corrected chi connectivity index (χ4v) is 2.99. The Kier molecular flexibility index (Phi) is 4.32. The first-order valence-electron chi connectivity index (χ1n) is 5.30. The van der Waals surface area contributed by atoms with Crippen molar-refractivity contribution in [3.05, 3.63) is 44.1 Å². The van der Waals surface area contributed by atoms with Gasteiger partial charge in [-0.2, -0.15) is 4.98 Å². The summed E-state index contributed by atoms with van der Waals surface area (Å²) >= 11 is 12.9. The number of hydrogen-bond acceptors (Lipinski definition) is 6. The monoisotopic (exact) mass is 330 g/mol. The minimum atomic E-state index is -0.546. The van der Waals surface area contributed by atoms with E-state index in [2.05, 4.69) is 9.97 Å². The maximum absolute atomic E-state index is 11.1. The van der Waals surface area contributed by atoms with Crippen LogP contribution in [0.5, 0.6) is 0 Å². The van der Waals surface area contributed by atoms with Crippen LogP contribution < -0.4 is 5.73 Å². The molecule has 104 valence electrons. The highest BCUT2D eigenvalue weighted by atomic mass is 35.5. The second-order valence-corrected chi connectivity index (χ2v) is 5.63. The summed E-state index contributed by atoms with van der Waals surface area (Å²) in [5.41, 5.74) is 5.54. The van der Waals surface area contributed by atoms with Gasteiger partial charge in [-0.05, 0) is 25.1 Å². The summed E-state index contributed by atoms with van der Waals surface area (Å²) in [5, 5.41) is 12.1. The van der Waals surface area contributed by atoms with Crippen molar-refractivity contribution >= 4 is 46.6 Å². The van der Waals surface area contributed by atoms with Crippen LogP contribution in [0.3, 0.4) is 0 Å². The first kappa shape index (κ1) is 14.8. The number of benzene rings is 1. The average molecular weight is 331 g/mol. The summed E-state index contributed by atoms with van der Waals surface area (Å²) in [6, 6.07) is 4.84. The first-order chi connectivity index (χ1) is 9.38. The summed E-state index contributed by atoms with van der Waals surface area (Å²) < 4.78 is 0. The largest absolute Gasteiger partial charge is 0.368 e. The number of aryl methyl sites for hydroxylation is 1. The number of nitro groups is 1. The fraction of sp³-hybridized carbons (Fsp3) is 0.0909. The number of nitrogens with zero attached hydrogens (tertiary/aromatic N) is 3. The van der Waals surface area contributed by atoms with Gasteiger partial charge in [0.05, 0.1) is 9.95 Å². The molecule has 0 saturated carbocycles. The number of nitrogen functional groups attached to an aromatic ring is 1. The first-order valence-corrected chi connectivity index (χ1v) is 6.87. The van der Waals surface area contributed by atoms with Gasteiger partial charge >= 0.3 is 5.69 Å². The lowest BCUT2D eigenvalue weighted by Crippen LogP contribution is -2.04. The number of rotatable bonds is 3. The molecular weight excluding hydrogens is 323 g/mol. The Bertz CT molecular complexity index is 696. The minimum Gasteiger partial charge on any atom is -0.368 e. The Balaban J connectivity index is 2.53. The zero-order valence-corrected chi connectivity index (χ0v) is 12.5. The van der Waals surface area contributed by atoms with Crippen molar-refractivity contribution < 1.29 is 4.92 Å². The zero-order chi connectivity index (χ0) is 14.9. The molecule has 0 aliphatic rings. The molecule has 1 heterocycles. The topological polar surface area (TPSA) is 94.9 Å². The van der Waals surface area contributed by atoms with Crippen molar-refractivity contribution in [3.8, 4) is 0 Å². The van der Waals surface area contributed by atoms with Gasteiger partial charge in [0.1, 0.15) is 5.69 Å². The normalized spacial score (nSPS) is 10.6. The third kappa shape index (κ3) is 3.12. The molecule has 20 heavy (non-hydrogen) atoms. The molecule has 9 heteroatoms. The molecule has 1 aromatic carbocycles. The molecule has 0 aliphatic carbocycles. The SMILES string of the molecule is Cc1nc(N)nc(Sc2cc(Cl)ccc2Cl)c1[N+](=O)[O-]. The predicted molar refractivity (Wildman–Crippen MR) is 78.4 cm³/mol. The van der Waals surface area contributed by atoms with Crippen molar-refractivity contribution in [1.82, 2.24) is 9.97 Å². The van der Waals surface area contributed by atoms with E-state index in [-0.39, 0.29) is 22.4 Å². The van der Waals surface area contributed by atoms with Crippen molar-refractivity contribution in [2.24, 2.45) is 0 Å². The molecule has 6 nitrogen and oxygen atoms in total. The average Bonchev–Trinajstić information content (AvgIpc) is 2.32. The molecule has 2 rings (SSSR count). The Morgan fingerprint density at radius 1 is 1.35 bits per heavy atom. The van der Waals surface area contributed by atoms with Crippen LogP contribution in [0.25, 0.3) is 0 Å². The summed E-state index contributed by atoms with van der Waals surface area (Å²) in [4.78, 5) is 18.8. The van der Waals surface area contributed by atoms with Crippen LogP contribution in [0.15, 0.2) is 28.1 Å². The van der Waals surface area contributed by atoms with Crippen LogP contribution >= 0.6 is 35.0 Å². The summed E-state index contributed by atoms with van der Waals surface area (Å²) in [6.45, 7) is 1.50. The van der Waals surface area contributed by atoms with E-state index in [9.17, 15) is 10.1 Å². The van der Waals surface area contributed by atoms with Gasteiger partial charge in [0.2, 0.25) is 5.95 Å². The molecule has 0 fully saturated rings. The van der Waals surface area contributed by atoms with Gasteiger partial charge in [-0.15, -0.1) is 0 Å². The number of nitrogens with two attached hydrogens (primary N) is 1. The molecule has 0 spiro atoms. The Morgan fingerprint density at radius 2 is 2.05 bits per heavy atom. The van der Waals surface area contributed by atoms with Crippen molar-refractivity contribution in [2.75, 3.05) is 5.73 Å². The van der Waals surface area contributed by atoms with Gasteiger partial charge in [0.25, 0.3) is 0 Å². The lowest BCUT2D eigenvalue weighted by molar-refractivity contribution is -0.389. The number of halogens is 2. The predicted octanol–water partition coefficient (Wildman–Crippen LogP) is 3.73. The molecule has 0 aliphatic heterocycles. The van der Waals surface area contributed by atoms with Crippen molar-refractivity contribution in [1.29, 1.82) is 0 Å². The smallest absolute Gasteiger partial charge is 0.322 e. The lowest BCUT2D eigenvalue weighted by Gasteiger charge is -2.06. The van der Waals surface area contributed by atoms with Crippen LogP contribution in [-0.2, 0) is 0 Å². The van der Waals surface area contributed by atoms with E-state index < -0.39 is 4.92 Å². The molecule has 0 atom stereocenters. The minimum absolute atomic E-state index is 0.0336. The van der Waals surface area contributed by atoms with Gasteiger partial charge in [-0.25, -0.2) is 4.98 Å². The van der Waals surface area contributed by atoms with Gasteiger partial charge in [-0.1, -0.05) is 35.0 Å². The highest BCUT2D eigenvalue weighted by Crippen LogP contribution is 2.39. The molecule has 0 amide bonds. The van der Waals surface area contributed by atoms with Crippen LogP contribution in [0.1, 0.15) is 5.69 Å². The van der Waals surface area contributed by atoms with Crippen LogP contribution in [0.2, 0.25) is 10.0 Å². The van der Waals surface area contributed by atoms with E-state index in [1.807, 2.05) is 0 Å². The van der Waals surface area contributed by atoms with Crippen LogP contribution in [0, 0.1) is 17.0 Å². The molecule has 0 radical (unpaired) electrons. The molecular formula is C11H8Cl2N4O2S. The maximum atomic E-state index is 11.1. The van der Waals surface area contributed by atoms with Crippen LogP contribution in [0.4, 0.5) is 11.6 Å². The van der Waals surface area contributed by atoms with Gasteiger partial charge in [0, 0.05) is 9.92 Å². The number of aromatic nitrogens is 2. The second kappa shape index (κ2) is 5.82. The Labute approximate surface area is 128 Å². The molecule has 0 bridgehead atoms. The zero-order valence-electron chi connectivity index (χ0n) is 10.1. The van der Waals surface area contributed by atoms with E-state index in [4.69, 9.17) is 28.9 Å². The quantitative estimate of drug-likeness (QED) is 0.523. The van der Waals surface area contributed by atoms with Crippen LogP contribution in [-0.4, -0.2) is 14.9 Å². The van der Waals surface area contributed by atoms with Gasteiger partial charge in [-0.3, -0.25) is 10.1 Å². The Morgan fingerprint density at radius 3 is 2.70 bits per heavy atom. The third-order valence-corrected chi connectivity index (χ3v) is 4.04. The summed E-state index contributed by atoms with van der Waals surface area (Å²) in [7, 11) is 0. The highest BCUT2D eigenvalue weighted by molar-refractivity contribution is 7.99.